The summed E-state index contributed by atoms with van der Waals surface area (Å²) in [5.74, 6) is 1.22. The molecule has 2 heterocycles. The molecule has 0 bridgehead atoms. The molecule has 0 spiro atoms. The van der Waals surface area contributed by atoms with Crippen molar-refractivity contribution in [2.45, 2.75) is 44.3 Å². The molecule has 1 aliphatic heterocycles. The molecule has 1 fully saturated rings. The molecule has 20 heavy (non-hydrogen) atoms. The Morgan fingerprint density at radius 3 is 3.00 bits per heavy atom. The van der Waals surface area contributed by atoms with Gasteiger partial charge in [-0.1, -0.05) is 0 Å². The average molecular weight is 313 g/mol. The highest BCUT2D eigenvalue weighted by atomic mass is 32.2. The van der Waals surface area contributed by atoms with Gasteiger partial charge in [-0.05, 0) is 38.9 Å². The van der Waals surface area contributed by atoms with Crippen molar-refractivity contribution in [3.05, 3.63) is 16.1 Å². The largest absolute Gasteiger partial charge is 0.338 e. The van der Waals surface area contributed by atoms with Gasteiger partial charge < -0.3 is 10.6 Å². The summed E-state index contributed by atoms with van der Waals surface area (Å²) in [4.78, 5) is 16.1. The highest BCUT2D eigenvalue weighted by Gasteiger charge is 2.29. The summed E-state index contributed by atoms with van der Waals surface area (Å²) in [5, 5.41) is 9.12. The van der Waals surface area contributed by atoms with Gasteiger partial charge in [-0.15, -0.1) is 11.3 Å². The summed E-state index contributed by atoms with van der Waals surface area (Å²) < 4.78 is 0.232. The number of hydrogen-bond acceptors (Lipinski definition) is 4. The SMILES string of the molecule is Cc1csc(CCCNC(=O)NCC2(C)CCCS2)n1. The lowest BCUT2D eigenvalue weighted by Crippen LogP contribution is -2.42. The first-order valence-electron chi connectivity index (χ1n) is 7.14. The first-order chi connectivity index (χ1) is 9.57. The molecule has 1 unspecified atom stereocenters. The van der Waals surface area contributed by atoms with Gasteiger partial charge in [0.25, 0.3) is 0 Å². The Balaban J connectivity index is 1.56. The minimum atomic E-state index is -0.0472. The molecule has 2 N–H and O–H groups in total. The predicted molar refractivity (Wildman–Crippen MR) is 86.7 cm³/mol. The number of carbonyl (C=O) groups is 1. The van der Waals surface area contributed by atoms with E-state index in [4.69, 9.17) is 0 Å². The fourth-order valence-electron chi connectivity index (χ4n) is 2.27. The molecule has 1 aromatic rings. The second-order valence-corrected chi connectivity index (χ2v) is 8.12. The second-order valence-electron chi connectivity index (χ2n) is 5.50. The van der Waals surface area contributed by atoms with Crippen LogP contribution < -0.4 is 10.6 Å². The van der Waals surface area contributed by atoms with Crippen molar-refractivity contribution < 1.29 is 4.79 Å². The van der Waals surface area contributed by atoms with E-state index in [1.165, 1.54) is 18.6 Å². The van der Waals surface area contributed by atoms with E-state index in [-0.39, 0.29) is 10.8 Å². The van der Waals surface area contributed by atoms with Gasteiger partial charge in [0.1, 0.15) is 0 Å². The molecule has 1 atom stereocenters. The fourth-order valence-corrected chi connectivity index (χ4v) is 4.33. The molecule has 2 amide bonds. The first-order valence-corrected chi connectivity index (χ1v) is 9.01. The van der Waals surface area contributed by atoms with Crippen molar-refractivity contribution >= 4 is 29.1 Å². The molecule has 0 aliphatic carbocycles. The maximum absolute atomic E-state index is 11.7. The zero-order valence-corrected chi connectivity index (χ0v) is 13.8. The zero-order chi connectivity index (χ0) is 14.4. The Morgan fingerprint density at radius 1 is 1.50 bits per heavy atom. The number of carbonyl (C=O) groups excluding carboxylic acids is 1. The molecule has 112 valence electrons. The normalized spacial score (nSPS) is 21.9. The lowest BCUT2D eigenvalue weighted by molar-refractivity contribution is 0.239. The first kappa shape index (κ1) is 15.6. The third kappa shape index (κ3) is 4.98. The van der Waals surface area contributed by atoms with Gasteiger partial charge in [0.05, 0.1) is 5.01 Å². The van der Waals surface area contributed by atoms with E-state index in [2.05, 4.69) is 27.9 Å². The van der Waals surface area contributed by atoms with Crippen LogP contribution >= 0.6 is 23.1 Å². The number of hydrogen-bond donors (Lipinski definition) is 2. The monoisotopic (exact) mass is 313 g/mol. The highest BCUT2D eigenvalue weighted by molar-refractivity contribution is 8.00. The number of nitrogens with zero attached hydrogens (tertiary/aromatic N) is 1. The summed E-state index contributed by atoms with van der Waals surface area (Å²) in [7, 11) is 0. The Kier molecular flexibility index (Phi) is 5.72. The van der Waals surface area contributed by atoms with Gasteiger partial charge in [-0.25, -0.2) is 9.78 Å². The lowest BCUT2D eigenvalue weighted by Gasteiger charge is -2.22. The Labute approximate surface area is 129 Å². The lowest BCUT2D eigenvalue weighted by atomic mass is 10.1. The zero-order valence-electron chi connectivity index (χ0n) is 12.2. The van der Waals surface area contributed by atoms with E-state index in [1.54, 1.807) is 11.3 Å². The van der Waals surface area contributed by atoms with E-state index in [0.29, 0.717) is 6.54 Å². The number of aromatic nitrogens is 1. The van der Waals surface area contributed by atoms with Crippen LogP contribution in [0.2, 0.25) is 0 Å². The third-order valence-electron chi connectivity index (χ3n) is 3.44. The smallest absolute Gasteiger partial charge is 0.314 e. The van der Waals surface area contributed by atoms with Gasteiger partial charge in [0, 0.05) is 35.3 Å². The number of thiazole rings is 1. The molecule has 1 aromatic heterocycles. The molecule has 1 saturated heterocycles. The summed E-state index contributed by atoms with van der Waals surface area (Å²) >= 11 is 3.66. The number of nitrogens with one attached hydrogen (secondary N) is 2. The van der Waals surface area contributed by atoms with Crippen LogP contribution in [0, 0.1) is 6.92 Å². The standard InChI is InChI=1S/C14H23N3OS2/c1-11-9-19-12(17-11)5-3-7-15-13(18)16-10-14(2)6-4-8-20-14/h9H,3-8,10H2,1-2H3,(H2,15,16,18). The van der Waals surface area contributed by atoms with Crippen LogP contribution in [0.15, 0.2) is 5.38 Å². The van der Waals surface area contributed by atoms with Crippen LogP contribution in [0.1, 0.15) is 36.9 Å². The van der Waals surface area contributed by atoms with Crippen molar-refractivity contribution in [1.82, 2.24) is 15.6 Å². The second kappa shape index (κ2) is 7.31. The third-order valence-corrected chi connectivity index (χ3v) is 6.01. The maximum atomic E-state index is 11.7. The number of urea groups is 1. The molecule has 0 aromatic carbocycles. The van der Waals surface area contributed by atoms with Crippen molar-refractivity contribution in [3.63, 3.8) is 0 Å². The van der Waals surface area contributed by atoms with Crippen molar-refractivity contribution in [3.8, 4) is 0 Å². The Morgan fingerprint density at radius 2 is 2.35 bits per heavy atom. The molecular formula is C14H23N3OS2. The van der Waals surface area contributed by atoms with Crippen LogP contribution in [-0.4, -0.2) is 34.6 Å². The van der Waals surface area contributed by atoms with Gasteiger partial charge in [0.2, 0.25) is 0 Å². The minimum absolute atomic E-state index is 0.0472. The highest BCUT2D eigenvalue weighted by Crippen LogP contribution is 2.36. The topological polar surface area (TPSA) is 54.0 Å². The fraction of sp³-hybridized carbons (Fsp3) is 0.714. The summed E-state index contributed by atoms with van der Waals surface area (Å²) in [5.41, 5.74) is 1.08. The van der Waals surface area contributed by atoms with Crippen molar-refractivity contribution in [2.75, 3.05) is 18.8 Å². The number of amides is 2. The predicted octanol–water partition coefficient (Wildman–Crippen LogP) is 2.97. The van der Waals surface area contributed by atoms with E-state index in [9.17, 15) is 4.79 Å². The molecule has 2 rings (SSSR count). The number of thioether (sulfide) groups is 1. The van der Waals surface area contributed by atoms with Crippen molar-refractivity contribution in [1.29, 1.82) is 0 Å². The van der Waals surface area contributed by atoms with E-state index >= 15 is 0 Å². The van der Waals surface area contributed by atoms with Crippen LogP contribution in [0.3, 0.4) is 0 Å². The molecule has 0 saturated carbocycles. The maximum Gasteiger partial charge on any atom is 0.314 e. The van der Waals surface area contributed by atoms with Crippen LogP contribution in [0.25, 0.3) is 0 Å². The summed E-state index contributed by atoms with van der Waals surface area (Å²) in [6, 6.07) is -0.0472. The summed E-state index contributed by atoms with van der Waals surface area (Å²) in [6.45, 7) is 5.70. The minimum Gasteiger partial charge on any atom is -0.338 e. The van der Waals surface area contributed by atoms with Crippen LogP contribution in [0.4, 0.5) is 4.79 Å². The van der Waals surface area contributed by atoms with E-state index < -0.39 is 0 Å². The van der Waals surface area contributed by atoms with Gasteiger partial charge >= 0.3 is 6.03 Å². The number of rotatable bonds is 6. The average Bonchev–Trinajstić information content (AvgIpc) is 3.02. The van der Waals surface area contributed by atoms with Gasteiger partial charge in [-0.3, -0.25) is 0 Å². The Bertz CT molecular complexity index is 441. The number of aryl methyl sites for hydroxylation is 2. The van der Waals surface area contributed by atoms with Crippen LogP contribution in [0.5, 0.6) is 0 Å². The quantitative estimate of drug-likeness (QED) is 0.794. The van der Waals surface area contributed by atoms with Crippen LogP contribution in [-0.2, 0) is 6.42 Å². The molecular weight excluding hydrogens is 290 g/mol. The molecule has 4 nitrogen and oxygen atoms in total. The summed E-state index contributed by atoms with van der Waals surface area (Å²) in [6.07, 6.45) is 4.33. The molecule has 0 radical (unpaired) electrons. The van der Waals surface area contributed by atoms with E-state index in [1.807, 2.05) is 18.7 Å². The van der Waals surface area contributed by atoms with Crippen molar-refractivity contribution in [2.24, 2.45) is 0 Å². The molecule has 6 heteroatoms. The van der Waals surface area contributed by atoms with E-state index in [0.717, 1.165) is 30.1 Å². The van der Waals surface area contributed by atoms with Gasteiger partial charge in [0.15, 0.2) is 0 Å². The molecule has 1 aliphatic rings. The van der Waals surface area contributed by atoms with Gasteiger partial charge in [-0.2, -0.15) is 11.8 Å². The Hall–Kier alpha value is -0.750.